The number of rotatable bonds is 3. The summed E-state index contributed by atoms with van der Waals surface area (Å²) in [5.41, 5.74) is 0.707. The van der Waals surface area contributed by atoms with Crippen LogP contribution in [0.3, 0.4) is 0 Å². The number of nitrogens with zero attached hydrogens (tertiary/aromatic N) is 2. The van der Waals surface area contributed by atoms with Crippen molar-refractivity contribution in [3.63, 3.8) is 0 Å². The Bertz CT molecular complexity index is 382. The standard InChI is InChI=1S/C9H10ClN3S/c1-5-2-6(5)4-12-8-7(3-11)14-13-9(8)10/h5-6,12H,2,4H2,1H3. The Morgan fingerprint density at radius 2 is 2.50 bits per heavy atom. The molecule has 0 aliphatic heterocycles. The highest BCUT2D eigenvalue weighted by Crippen LogP contribution is 2.38. The number of hydrogen-bond acceptors (Lipinski definition) is 4. The predicted molar refractivity (Wildman–Crippen MR) is 57.6 cm³/mol. The summed E-state index contributed by atoms with van der Waals surface area (Å²) in [7, 11) is 0. The first-order valence-corrected chi connectivity index (χ1v) is 5.66. The average molecular weight is 228 g/mol. The zero-order chi connectivity index (χ0) is 10.1. The van der Waals surface area contributed by atoms with Crippen molar-refractivity contribution < 1.29 is 0 Å². The van der Waals surface area contributed by atoms with Crippen LogP contribution < -0.4 is 5.32 Å². The van der Waals surface area contributed by atoms with Gasteiger partial charge < -0.3 is 5.32 Å². The van der Waals surface area contributed by atoms with Gasteiger partial charge in [-0.25, -0.2) is 0 Å². The number of nitriles is 1. The molecule has 3 nitrogen and oxygen atoms in total. The zero-order valence-corrected chi connectivity index (χ0v) is 9.32. The third-order valence-electron chi connectivity index (χ3n) is 2.57. The molecular formula is C9H10ClN3S. The summed E-state index contributed by atoms with van der Waals surface area (Å²) in [5.74, 6) is 1.54. The maximum absolute atomic E-state index is 8.79. The molecule has 0 amide bonds. The molecule has 1 aliphatic rings. The van der Waals surface area contributed by atoms with E-state index in [9.17, 15) is 0 Å². The highest BCUT2D eigenvalue weighted by Gasteiger charge is 2.32. The molecule has 2 atom stereocenters. The second-order valence-corrected chi connectivity index (χ2v) is 4.77. The molecule has 2 unspecified atom stereocenters. The largest absolute Gasteiger partial charge is 0.380 e. The minimum absolute atomic E-state index is 0.417. The summed E-state index contributed by atoms with van der Waals surface area (Å²) in [6.07, 6.45) is 1.27. The molecule has 0 spiro atoms. The molecule has 1 fully saturated rings. The molecular weight excluding hydrogens is 218 g/mol. The van der Waals surface area contributed by atoms with E-state index >= 15 is 0 Å². The first-order valence-electron chi connectivity index (χ1n) is 4.51. The van der Waals surface area contributed by atoms with Crippen LogP contribution in [0.5, 0.6) is 0 Å². The van der Waals surface area contributed by atoms with Crippen molar-refractivity contribution in [2.24, 2.45) is 11.8 Å². The van der Waals surface area contributed by atoms with Gasteiger partial charge >= 0.3 is 0 Å². The predicted octanol–water partition coefficient (Wildman–Crippen LogP) is 2.74. The monoisotopic (exact) mass is 227 g/mol. The molecule has 0 bridgehead atoms. The van der Waals surface area contributed by atoms with Crippen LogP contribution in [-0.2, 0) is 0 Å². The van der Waals surface area contributed by atoms with Crippen molar-refractivity contribution in [2.45, 2.75) is 13.3 Å². The fraction of sp³-hybridized carbons (Fsp3) is 0.556. The van der Waals surface area contributed by atoms with E-state index in [1.807, 2.05) is 0 Å². The summed E-state index contributed by atoms with van der Waals surface area (Å²) in [6.45, 7) is 3.12. The van der Waals surface area contributed by atoms with Crippen LogP contribution in [0.4, 0.5) is 5.69 Å². The van der Waals surface area contributed by atoms with E-state index in [0.29, 0.717) is 15.7 Å². The van der Waals surface area contributed by atoms with Gasteiger partial charge in [0.1, 0.15) is 16.6 Å². The lowest BCUT2D eigenvalue weighted by molar-refractivity contribution is 0.787. The van der Waals surface area contributed by atoms with Gasteiger partial charge in [-0.3, -0.25) is 0 Å². The maximum Gasteiger partial charge on any atom is 0.167 e. The van der Waals surface area contributed by atoms with Crippen molar-refractivity contribution in [1.29, 1.82) is 5.26 Å². The van der Waals surface area contributed by atoms with E-state index in [2.05, 4.69) is 22.7 Å². The van der Waals surface area contributed by atoms with Gasteiger partial charge in [0.05, 0.1) is 0 Å². The van der Waals surface area contributed by atoms with Gasteiger partial charge in [-0.05, 0) is 29.8 Å². The highest BCUT2D eigenvalue weighted by atomic mass is 35.5. The van der Waals surface area contributed by atoms with Crippen LogP contribution in [0.15, 0.2) is 0 Å². The van der Waals surface area contributed by atoms with Crippen LogP contribution in [0.1, 0.15) is 18.2 Å². The zero-order valence-electron chi connectivity index (χ0n) is 7.75. The quantitative estimate of drug-likeness (QED) is 0.864. The number of nitrogens with one attached hydrogen (secondary N) is 1. The second-order valence-electron chi connectivity index (χ2n) is 3.64. The summed E-state index contributed by atoms with van der Waals surface area (Å²) in [5, 5.41) is 12.4. The summed E-state index contributed by atoms with van der Waals surface area (Å²) >= 11 is 6.99. The Hall–Kier alpha value is -0.790. The van der Waals surface area contributed by atoms with Crippen molar-refractivity contribution in [2.75, 3.05) is 11.9 Å². The third-order valence-corrected chi connectivity index (χ3v) is 3.69. The lowest BCUT2D eigenvalue weighted by Crippen LogP contribution is -2.04. The van der Waals surface area contributed by atoms with Gasteiger partial charge in [-0.1, -0.05) is 18.5 Å². The topological polar surface area (TPSA) is 48.7 Å². The maximum atomic E-state index is 8.79. The lowest BCUT2D eigenvalue weighted by atomic mass is 10.3. The average Bonchev–Trinajstić information content (AvgIpc) is 2.74. The van der Waals surface area contributed by atoms with Crippen molar-refractivity contribution in [1.82, 2.24) is 4.37 Å². The van der Waals surface area contributed by atoms with Gasteiger partial charge in [-0.15, -0.1) is 0 Å². The van der Waals surface area contributed by atoms with E-state index in [1.54, 1.807) is 0 Å². The van der Waals surface area contributed by atoms with Crippen LogP contribution >= 0.6 is 23.1 Å². The van der Waals surface area contributed by atoms with Crippen molar-refractivity contribution in [3.05, 3.63) is 10.0 Å². The Balaban J connectivity index is 2.01. The van der Waals surface area contributed by atoms with Crippen molar-refractivity contribution >= 4 is 28.8 Å². The van der Waals surface area contributed by atoms with E-state index < -0.39 is 0 Å². The summed E-state index contributed by atoms with van der Waals surface area (Å²) < 4.78 is 3.93. The molecule has 1 saturated carbocycles. The Morgan fingerprint density at radius 3 is 3.07 bits per heavy atom. The molecule has 1 aromatic heterocycles. The molecule has 1 N–H and O–H groups in total. The molecule has 1 heterocycles. The van der Waals surface area contributed by atoms with Crippen LogP contribution in [0.25, 0.3) is 0 Å². The van der Waals surface area contributed by atoms with Crippen molar-refractivity contribution in [3.8, 4) is 6.07 Å². The van der Waals surface area contributed by atoms with Gasteiger partial charge in [0.15, 0.2) is 5.15 Å². The van der Waals surface area contributed by atoms with Gasteiger partial charge in [0.25, 0.3) is 0 Å². The third kappa shape index (κ3) is 1.84. The Labute approximate surface area is 91.9 Å². The fourth-order valence-corrected chi connectivity index (χ4v) is 2.30. The van der Waals surface area contributed by atoms with E-state index in [4.69, 9.17) is 16.9 Å². The Kier molecular flexibility index (Phi) is 2.62. The summed E-state index contributed by atoms with van der Waals surface area (Å²) in [6, 6.07) is 2.08. The molecule has 1 aliphatic carbocycles. The molecule has 0 aromatic carbocycles. The molecule has 1 aromatic rings. The minimum atomic E-state index is 0.417. The van der Waals surface area contributed by atoms with Crippen LogP contribution in [0.2, 0.25) is 5.15 Å². The Morgan fingerprint density at radius 1 is 1.79 bits per heavy atom. The number of anilines is 1. The molecule has 2 rings (SSSR count). The van der Waals surface area contributed by atoms with E-state index in [-0.39, 0.29) is 0 Å². The number of halogens is 1. The minimum Gasteiger partial charge on any atom is -0.380 e. The lowest BCUT2D eigenvalue weighted by Gasteiger charge is -2.02. The molecule has 14 heavy (non-hydrogen) atoms. The number of hydrogen-bond donors (Lipinski definition) is 1. The number of aromatic nitrogens is 1. The van der Waals surface area contributed by atoms with Gasteiger partial charge in [0.2, 0.25) is 0 Å². The molecule has 0 saturated heterocycles. The highest BCUT2D eigenvalue weighted by molar-refractivity contribution is 7.07. The SMILES string of the molecule is CC1CC1CNc1c(Cl)nsc1C#N. The van der Waals surface area contributed by atoms with E-state index in [1.165, 1.54) is 6.42 Å². The van der Waals surface area contributed by atoms with Crippen LogP contribution in [0, 0.1) is 23.2 Å². The second kappa shape index (κ2) is 3.76. The summed E-state index contributed by atoms with van der Waals surface area (Å²) in [4.78, 5) is 0.573. The molecule has 0 radical (unpaired) electrons. The molecule has 74 valence electrons. The van der Waals surface area contributed by atoms with Gasteiger partial charge in [0, 0.05) is 6.54 Å². The smallest absolute Gasteiger partial charge is 0.167 e. The van der Waals surface area contributed by atoms with E-state index in [0.717, 1.165) is 29.9 Å². The normalized spacial score (nSPS) is 24.4. The van der Waals surface area contributed by atoms with Crippen LogP contribution in [-0.4, -0.2) is 10.9 Å². The van der Waals surface area contributed by atoms with Gasteiger partial charge in [-0.2, -0.15) is 9.64 Å². The first-order chi connectivity index (χ1) is 6.72. The molecule has 5 heteroatoms. The fourth-order valence-electron chi connectivity index (χ4n) is 1.42. The first kappa shape index (κ1) is 9.75.